The van der Waals surface area contributed by atoms with Crippen LogP contribution in [0.3, 0.4) is 0 Å². The van der Waals surface area contributed by atoms with Crippen molar-refractivity contribution in [2.75, 3.05) is 7.11 Å². The molecule has 0 saturated carbocycles. The van der Waals surface area contributed by atoms with Gasteiger partial charge >= 0.3 is 5.97 Å². The third-order valence-corrected chi connectivity index (χ3v) is 5.08. The van der Waals surface area contributed by atoms with Crippen LogP contribution in [-0.4, -0.2) is 33.0 Å². The van der Waals surface area contributed by atoms with E-state index in [1.807, 2.05) is 16.7 Å². The predicted molar refractivity (Wildman–Crippen MR) is 100 cm³/mol. The monoisotopic (exact) mass is 365 g/mol. The molecule has 0 unspecified atom stereocenters. The fraction of sp³-hybridized carbons (Fsp3) is 0.250. The third kappa shape index (κ3) is 2.63. The molecule has 3 heterocycles. The molecule has 2 aromatic heterocycles. The Kier molecular flexibility index (Phi) is 4.07. The molecule has 0 aliphatic carbocycles. The average Bonchev–Trinajstić information content (AvgIpc) is 3.20. The summed E-state index contributed by atoms with van der Waals surface area (Å²) < 4.78 is 7.57. The number of ether oxygens (including phenoxy) is 1. The van der Waals surface area contributed by atoms with E-state index in [-0.39, 0.29) is 5.56 Å². The molecule has 7 nitrogen and oxygen atoms in total. The number of carboxylic acids is 1. The molecule has 0 amide bonds. The van der Waals surface area contributed by atoms with Crippen molar-refractivity contribution in [1.82, 2.24) is 14.8 Å². The van der Waals surface area contributed by atoms with Crippen LogP contribution >= 0.6 is 0 Å². The number of rotatable bonds is 4. The van der Waals surface area contributed by atoms with Crippen LogP contribution in [0.1, 0.15) is 28.4 Å². The van der Waals surface area contributed by atoms with Gasteiger partial charge in [0.05, 0.1) is 18.5 Å². The topological polar surface area (TPSA) is 97.2 Å². The normalized spacial score (nSPS) is 12.4. The zero-order valence-electron chi connectivity index (χ0n) is 15.1. The summed E-state index contributed by atoms with van der Waals surface area (Å²) in [5.74, 6) is -0.401. The first-order chi connectivity index (χ1) is 13.0. The molecule has 0 atom stereocenters. The Morgan fingerprint density at radius 3 is 2.81 bits per heavy atom. The summed E-state index contributed by atoms with van der Waals surface area (Å²) in [4.78, 5) is 23.6. The first kappa shape index (κ1) is 17.1. The Bertz CT molecular complexity index is 1100. The van der Waals surface area contributed by atoms with E-state index in [2.05, 4.69) is 17.1 Å². The second kappa shape index (κ2) is 6.42. The maximum atomic E-state index is 12.3. The molecule has 3 aromatic rings. The van der Waals surface area contributed by atoms with Crippen LogP contribution in [0.4, 0.5) is 0 Å². The number of carboxylic acid groups (broad SMARTS) is 1. The molecule has 2 N–H and O–H groups in total. The Hall–Kier alpha value is -3.35. The van der Waals surface area contributed by atoms with Crippen molar-refractivity contribution < 1.29 is 14.6 Å². The quantitative estimate of drug-likeness (QED) is 0.741. The summed E-state index contributed by atoms with van der Waals surface area (Å²) in [5.41, 5.74) is 4.89. The number of aromatic nitrogens is 3. The van der Waals surface area contributed by atoms with Crippen LogP contribution < -0.4 is 10.2 Å². The molecule has 0 fully saturated rings. The Morgan fingerprint density at radius 1 is 1.37 bits per heavy atom. The van der Waals surface area contributed by atoms with Gasteiger partial charge in [0, 0.05) is 36.1 Å². The number of pyridine rings is 1. The SMILES string of the molecule is CCc1c2c(cc(-c3ccn[nH]3)c1OC)-c1cc(=O)c(C(=O)O)cn1CC2. The van der Waals surface area contributed by atoms with Gasteiger partial charge in [0.2, 0.25) is 0 Å². The second-order valence-electron chi connectivity index (χ2n) is 6.47. The molecule has 1 aromatic carbocycles. The van der Waals surface area contributed by atoms with E-state index in [0.717, 1.165) is 52.2 Å². The predicted octanol–water partition coefficient (Wildman–Crippen LogP) is 2.73. The van der Waals surface area contributed by atoms with Crippen LogP contribution in [0.25, 0.3) is 22.5 Å². The highest BCUT2D eigenvalue weighted by molar-refractivity contribution is 5.88. The molecule has 27 heavy (non-hydrogen) atoms. The number of benzene rings is 1. The molecule has 0 saturated heterocycles. The van der Waals surface area contributed by atoms with E-state index in [9.17, 15) is 14.7 Å². The molecule has 0 bridgehead atoms. The lowest BCUT2D eigenvalue weighted by atomic mass is 9.87. The van der Waals surface area contributed by atoms with E-state index in [4.69, 9.17) is 4.74 Å². The van der Waals surface area contributed by atoms with E-state index in [1.165, 1.54) is 12.3 Å². The minimum Gasteiger partial charge on any atom is -0.496 e. The molecular formula is C20H19N3O4. The van der Waals surface area contributed by atoms with Crippen molar-refractivity contribution in [3.8, 4) is 28.3 Å². The minimum absolute atomic E-state index is 0.208. The summed E-state index contributed by atoms with van der Waals surface area (Å²) >= 11 is 0. The van der Waals surface area contributed by atoms with Gasteiger partial charge in [-0.1, -0.05) is 6.92 Å². The summed E-state index contributed by atoms with van der Waals surface area (Å²) in [6.07, 6.45) is 4.64. The zero-order chi connectivity index (χ0) is 19.1. The summed E-state index contributed by atoms with van der Waals surface area (Å²) in [7, 11) is 1.65. The van der Waals surface area contributed by atoms with E-state index in [1.54, 1.807) is 13.3 Å². The maximum Gasteiger partial charge on any atom is 0.341 e. The number of aryl methyl sites for hydroxylation is 1. The average molecular weight is 365 g/mol. The van der Waals surface area contributed by atoms with Crippen LogP contribution in [0.5, 0.6) is 5.75 Å². The van der Waals surface area contributed by atoms with Crippen molar-refractivity contribution >= 4 is 5.97 Å². The van der Waals surface area contributed by atoms with Crippen LogP contribution in [0, 0.1) is 0 Å². The zero-order valence-corrected chi connectivity index (χ0v) is 15.1. The Balaban J connectivity index is 2.03. The number of methoxy groups -OCH3 is 1. The number of aromatic amines is 1. The van der Waals surface area contributed by atoms with Gasteiger partial charge in [-0.15, -0.1) is 0 Å². The highest BCUT2D eigenvalue weighted by Gasteiger charge is 2.25. The highest BCUT2D eigenvalue weighted by atomic mass is 16.5. The molecule has 1 aliphatic rings. The first-order valence-electron chi connectivity index (χ1n) is 8.75. The van der Waals surface area contributed by atoms with Gasteiger partial charge in [0.25, 0.3) is 0 Å². The fourth-order valence-corrected chi connectivity index (χ4v) is 3.87. The molecule has 1 aliphatic heterocycles. The lowest BCUT2D eigenvalue weighted by Crippen LogP contribution is -2.22. The second-order valence-corrected chi connectivity index (χ2v) is 6.47. The number of hydrogen-bond donors (Lipinski definition) is 2. The number of hydrogen-bond acceptors (Lipinski definition) is 4. The van der Waals surface area contributed by atoms with E-state index < -0.39 is 11.4 Å². The number of nitrogens with one attached hydrogen (secondary N) is 1. The van der Waals surface area contributed by atoms with Crippen molar-refractivity contribution in [3.63, 3.8) is 0 Å². The number of nitrogens with zero attached hydrogens (tertiary/aromatic N) is 2. The van der Waals surface area contributed by atoms with E-state index >= 15 is 0 Å². The van der Waals surface area contributed by atoms with Gasteiger partial charge in [0.15, 0.2) is 5.43 Å². The van der Waals surface area contributed by atoms with Gasteiger partial charge in [-0.3, -0.25) is 9.89 Å². The van der Waals surface area contributed by atoms with Crippen LogP contribution in [0.15, 0.2) is 35.4 Å². The third-order valence-electron chi connectivity index (χ3n) is 5.08. The number of carbonyl (C=O) groups is 1. The van der Waals surface area contributed by atoms with Gasteiger partial charge in [-0.25, -0.2) is 4.79 Å². The standard InChI is InChI=1S/C20H19N3O4/c1-3-11-12-5-7-23-10-15(20(25)26)18(24)9-17(23)13(12)8-14(19(11)27-2)16-4-6-21-22-16/h4,6,8-10H,3,5,7H2,1-2H3,(H,21,22)(H,25,26). The molecule has 7 heteroatoms. The van der Waals surface area contributed by atoms with Gasteiger partial charge in [0.1, 0.15) is 11.3 Å². The smallest absolute Gasteiger partial charge is 0.341 e. The summed E-state index contributed by atoms with van der Waals surface area (Å²) in [5, 5.41) is 16.2. The van der Waals surface area contributed by atoms with Crippen molar-refractivity contribution in [3.05, 3.63) is 57.5 Å². The van der Waals surface area contributed by atoms with Gasteiger partial charge < -0.3 is 14.4 Å². The van der Waals surface area contributed by atoms with Crippen molar-refractivity contribution in [2.24, 2.45) is 0 Å². The van der Waals surface area contributed by atoms with Crippen molar-refractivity contribution in [1.29, 1.82) is 0 Å². The summed E-state index contributed by atoms with van der Waals surface area (Å²) in [6.45, 7) is 2.69. The fourth-order valence-electron chi connectivity index (χ4n) is 3.87. The van der Waals surface area contributed by atoms with Gasteiger partial charge in [-0.05, 0) is 36.1 Å². The minimum atomic E-state index is -1.21. The van der Waals surface area contributed by atoms with E-state index in [0.29, 0.717) is 6.54 Å². The lowest BCUT2D eigenvalue weighted by molar-refractivity contribution is 0.0694. The molecule has 0 radical (unpaired) electrons. The number of aromatic carboxylic acids is 1. The summed E-state index contributed by atoms with van der Waals surface area (Å²) in [6, 6.07) is 5.28. The number of H-pyrrole nitrogens is 1. The molecular weight excluding hydrogens is 346 g/mol. The molecule has 4 rings (SSSR count). The number of fused-ring (bicyclic) bond motifs is 3. The lowest BCUT2D eigenvalue weighted by Gasteiger charge is -2.27. The van der Waals surface area contributed by atoms with Gasteiger partial charge in [-0.2, -0.15) is 5.10 Å². The molecule has 0 spiro atoms. The van der Waals surface area contributed by atoms with Crippen molar-refractivity contribution in [2.45, 2.75) is 26.3 Å². The Labute approximate surface area is 155 Å². The maximum absolute atomic E-state index is 12.3. The first-order valence-corrected chi connectivity index (χ1v) is 8.75. The Morgan fingerprint density at radius 2 is 2.19 bits per heavy atom. The van der Waals surface area contributed by atoms with Crippen LogP contribution in [-0.2, 0) is 19.4 Å². The molecule has 138 valence electrons. The largest absolute Gasteiger partial charge is 0.496 e. The van der Waals surface area contributed by atoms with Crippen LogP contribution in [0.2, 0.25) is 0 Å². The highest BCUT2D eigenvalue weighted by Crippen LogP contribution is 2.42.